The first-order chi connectivity index (χ1) is 11.2. The Balaban J connectivity index is 1.79. The van der Waals surface area contributed by atoms with Crippen LogP contribution in [0, 0.1) is 0 Å². The number of para-hydroxylation sites is 1. The van der Waals surface area contributed by atoms with Crippen LogP contribution in [0.2, 0.25) is 5.28 Å². The van der Waals surface area contributed by atoms with E-state index in [2.05, 4.69) is 36.2 Å². The third kappa shape index (κ3) is 2.80. The standard InChI is InChI=1S/C15H13BrClN5O/c16-9-4-1-2-5-10(9)19-13-12-14(21-15(17)20-13)22(8-18-12)11-6-3-7-23-11/h1-2,4-5,8,11H,3,6-7H2,(H,19,20,21). The molecule has 1 unspecified atom stereocenters. The van der Waals surface area contributed by atoms with Crippen LogP contribution in [0.1, 0.15) is 19.1 Å². The highest BCUT2D eigenvalue weighted by atomic mass is 79.9. The van der Waals surface area contributed by atoms with Gasteiger partial charge in [0.2, 0.25) is 5.28 Å². The Morgan fingerprint density at radius 2 is 2.17 bits per heavy atom. The lowest BCUT2D eigenvalue weighted by Crippen LogP contribution is -2.07. The molecule has 118 valence electrons. The molecule has 0 spiro atoms. The van der Waals surface area contributed by atoms with Crippen molar-refractivity contribution in [2.45, 2.75) is 19.1 Å². The van der Waals surface area contributed by atoms with E-state index >= 15 is 0 Å². The van der Waals surface area contributed by atoms with E-state index < -0.39 is 0 Å². The maximum absolute atomic E-state index is 6.11. The van der Waals surface area contributed by atoms with Gasteiger partial charge in [-0.05, 0) is 52.5 Å². The van der Waals surface area contributed by atoms with Crippen LogP contribution in [-0.4, -0.2) is 26.1 Å². The Kier molecular flexibility index (Phi) is 3.92. The molecule has 1 N–H and O–H groups in total. The minimum Gasteiger partial charge on any atom is -0.358 e. The molecule has 0 radical (unpaired) electrons. The zero-order valence-corrected chi connectivity index (χ0v) is 14.4. The molecule has 2 aromatic heterocycles. The van der Waals surface area contributed by atoms with Crippen molar-refractivity contribution in [1.29, 1.82) is 0 Å². The first kappa shape index (κ1) is 14.9. The zero-order chi connectivity index (χ0) is 15.8. The van der Waals surface area contributed by atoms with Crippen LogP contribution in [0.25, 0.3) is 11.2 Å². The van der Waals surface area contributed by atoms with Gasteiger partial charge in [-0.2, -0.15) is 9.97 Å². The third-order valence-electron chi connectivity index (χ3n) is 3.74. The molecule has 1 atom stereocenters. The predicted octanol–water partition coefficient (Wildman–Crippen LogP) is 4.29. The summed E-state index contributed by atoms with van der Waals surface area (Å²) in [6.07, 6.45) is 3.67. The number of nitrogens with zero attached hydrogens (tertiary/aromatic N) is 4. The fourth-order valence-corrected chi connectivity index (χ4v) is 3.21. The molecule has 1 aliphatic heterocycles. The smallest absolute Gasteiger partial charge is 0.226 e. The second kappa shape index (κ2) is 6.07. The normalized spacial score (nSPS) is 17.7. The summed E-state index contributed by atoms with van der Waals surface area (Å²) >= 11 is 9.62. The topological polar surface area (TPSA) is 64.9 Å². The largest absolute Gasteiger partial charge is 0.358 e. The van der Waals surface area contributed by atoms with Crippen LogP contribution in [0.4, 0.5) is 11.5 Å². The van der Waals surface area contributed by atoms with Gasteiger partial charge in [-0.1, -0.05) is 12.1 Å². The van der Waals surface area contributed by atoms with E-state index in [0.29, 0.717) is 17.0 Å². The maximum atomic E-state index is 6.11. The summed E-state index contributed by atoms with van der Waals surface area (Å²) in [5, 5.41) is 3.43. The molecule has 4 rings (SSSR count). The first-order valence-electron chi connectivity index (χ1n) is 7.25. The number of aromatic nitrogens is 4. The van der Waals surface area contributed by atoms with Crippen molar-refractivity contribution in [3.63, 3.8) is 0 Å². The Bertz CT molecular complexity index is 862. The Morgan fingerprint density at radius 3 is 2.96 bits per heavy atom. The average Bonchev–Trinajstić information content (AvgIpc) is 3.18. The second-order valence-electron chi connectivity index (χ2n) is 5.24. The summed E-state index contributed by atoms with van der Waals surface area (Å²) in [4.78, 5) is 13.1. The highest BCUT2D eigenvalue weighted by Gasteiger charge is 2.22. The SMILES string of the molecule is Clc1nc(Nc2ccccc2Br)c2ncn(C3CCCO3)c2n1. The number of rotatable bonds is 3. The predicted molar refractivity (Wildman–Crippen MR) is 92.0 cm³/mol. The molecule has 1 saturated heterocycles. The molecule has 0 aliphatic carbocycles. The van der Waals surface area contributed by atoms with Gasteiger partial charge in [0.05, 0.1) is 12.0 Å². The Morgan fingerprint density at radius 1 is 1.30 bits per heavy atom. The second-order valence-corrected chi connectivity index (χ2v) is 6.43. The fourth-order valence-electron chi connectivity index (χ4n) is 2.66. The number of nitrogens with one attached hydrogen (secondary N) is 1. The van der Waals surface area contributed by atoms with Gasteiger partial charge in [0, 0.05) is 11.1 Å². The van der Waals surface area contributed by atoms with E-state index in [0.717, 1.165) is 29.6 Å². The number of hydrogen-bond acceptors (Lipinski definition) is 5. The van der Waals surface area contributed by atoms with Gasteiger partial charge in [0.15, 0.2) is 17.0 Å². The molecule has 3 aromatic rings. The van der Waals surface area contributed by atoms with Gasteiger partial charge >= 0.3 is 0 Å². The summed E-state index contributed by atoms with van der Waals surface area (Å²) in [6.45, 7) is 0.755. The van der Waals surface area contributed by atoms with Gasteiger partial charge in [-0.3, -0.25) is 4.57 Å². The van der Waals surface area contributed by atoms with E-state index in [4.69, 9.17) is 16.3 Å². The van der Waals surface area contributed by atoms with Gasteiger partial charge in [0.25, 0.3) is 0 Å². The van der Waals surface area contributed by atoms with Crippen molar-refractivity contribution >= 4 is 50.2 Å². The average molecular weight is 395 g/mol. The molecule has 1 aromatic carbocycles. The molecule has 8 heteroatoms. The molecular weight excluding hydrogens is 382 g/mol. The van der Waals surface area contributed by atoms with E-state index in [-0.39, 0.29) is 11.5 Å². The van der Waals surface area contributed by atoms with Crippen LogP contribution in [0.3, 0.4) is 0 Å². The van der Waals surface area contributed by atoms with Gasteiger partial charge in [-0.25, -0.2) is 4.98 Å². The van der Waals surface area contributed by atoms with Crippen molar-refractivity contribution in [2.75, 3.05) is 11.9 Å². The quantitative estimate of drug-likeness (QED) is 0.671. The van der Waals surface area contributed by atoms with Crippen molar-refractivity contribution in [3.05, 3.63) is 40.3 Å². The zero-order valence-electron chi connectivity index (χ0n) is 12.0. The van der Waals surface area contributed by atoms with Gasteiger partial charge < -0.3 is 10.1 Å². The molecular formula is C15H13BrClN5O. The number of fused-ring (bicyclic) bond motifs is 1. The van der Waals surface area contributed by atoms with E-state index in [9.17, 15) is 0 Å². The Labute approximate surface area is 146 Å². The van der Waals surface area contributed by atoms with E-state index in [1.165, 1.54) is 0 Å². The highest BCUT2D eigenvalue weighted by molar-refractivity contribution is 9.10. The number of ether oxygens (including phenoxy) is 1. The monoisotopic (exact) mass is 393 g/mol. The van der Waals surface area contributed by atoms with Crippen LogP contribution in [0.15, 0.2) is 35.1 Å². The lowest BCUT2D eigenvalue weighted by atomic mass is 10.3. The molecule has 0 saturated carbocycles. The number of halogens is 2. The van der Waals surface area contributed by atoms with Crippen LogP contribution in [-0.2, 0) is 4.74 Å². The van der Waals surface area contributed by atoms with Gasteiger partial charge in [-0.15, -0.1) is 0 Å². The van der Waals surface area contributed by atoms with E-state index in [1.807, 2.05) is 28.8 Å². The van der Waals surface area contributed by atoms with Crippen molar-refractivity contribution in [3.8, 4) is 0 Å². The van der Waals surface area contributed by atoms with Crippen LogP contribution < -0.4 is 5.32 Å². The summed E-state index contributed by atoms with van der Waals surface area (Å²) in [5.41, 5.74) is 2.22. The summed E-state index contributed by atoms with van der Waals surface area (Å²) < 4.78 is 8.56. The highest BCUT2D eigenvalue weighted by Crippen LogP contribution is 2.31. The summed E-state index contributed by atoms with van der Waals surface area (Å²) in [5.74, 6) is 0.573. The molecule has 6 nitrogen and oxygen atoms in total. The minimum absolute atomic E-state index is 0.0396. The molecule has 0 amide bonds. The van der Waals surface area contributed by atoms with E-state index in [1.54, 1.807) is 6.33 Å². The third-order valence-corrected chi connectivity index (χ3v) is 4.60. The molecule has 3 heterocycles. The molecule has 0 bridgehead atoms. The van der Waals surface area contributed by atoms with Crippen LogP contribution in [0.5, 0.6) is 0 Å². The Hall–Kier alpha value is -1.70. The lowest BCUT2D eigenvalue weighted by molar-refractivity contribution is 0.0593. The summed E-state index contributed by atoms with van der Waals surface area (Å²) in [6, 6.07) is 7.79. The summed E-state index contributed by atoms with van der Waals surface area (Å²) in [7, 11) is 0. The van der Waals surface area contributed by atoms with Gasteiger partial charge in [0.1, 0.15) is 6.23 Å². The lowest BCUT2D eigenvalue weighted by Gasteiger charge is -2.12. The number of benzene rings is 1. The first-order valence-corrected chi connectivity index (χ1v) is 8.43. The molecule has 23 heavy (non-hydrogen) atoms. The fraction of sp³-hybridized carbons (Fsp3) is 0.267. The number of hydrogen-bond donors (Lipinski definition) is 1. The van der Waals surface area contributed by atoms with Crippen molar-refractivity contribution in [1.82, 2.24) is 19.5 Å². The number of anilines is 2. The van der Waals surface area contributed by atoms with Crippen molar-refractivity contribution in [2.24, 2.45) is 0 Å². The molecule has 1 fully saturated rings. The molecule has 1 aliphatic rings. The maximum Gasteiger partial charge on any atom is 0.226 e. The van der Waals surface area contributed by atoms with Crippen molar-refractivity contribution < 1.29 is 4.74 Å². The van der Waals surface area contributed by atoms with Crippen LogP contribution >= 0.6 is 27.5 Å². The number of imidazole rings is 1. The minimum atomic E-state index is -0.0396.